The fourth-order valence-electron chi connectivity index (χ4n) is 3.43. The van der Waals surface area contributed by atoms with E-state index < -0.39 is 5.41 Å². The summed E-state index contributed by atoms with van der Waals surface area (Å²) in [4.78, 5) is 32.3. The SMILES string of the molecule is CCOC(=O)C1=C(C)N=C2SCCCN2[C@@H]1c1cccc(NC(=O)C(C)(C)CCl)c1. The number of carbonyl (C=O) groups is 2. The van der Waals surface area contributed by atoms with Crippen LogP contribution in [0, 0.1) is 5.41 Å². The predicted octanol–water partition coefficient (Wildman–Crippen LogP) is 4.58. The molecule has 1 aromatic carbocycles. The molecule has 1 saturated heterocycles. The number of nitrogens with zero attached hydrogens (tertiary/aromatic N) is 2. The Kier molecular flexibility index (Phi) is 7.14. The molecule has 0 radical (unpaired) electrons. The van der Waals surface area contributed by atoms with Crippen LogP contribution in [0.5, 0.6) is 0 Å². The van der Waals surface area contributed by atoms with Gasteiger partial charge in [0.2, 0.25) is 5.91 Å². The van der Waals surface area contributed by atoms with Gasteiger partial charge in [-0.1, -0.05) is 23.9 Å². The molecule has 0 aromatic heterocycles. The lowest BCUT2D eigenvalue weighted by molar-refractivity contribution is -0.139. The van der Waals surface area contributed by atoms with Crippen LogP contribution in [0.15, 0.2) is 40.5 Å². The van der Waals surface area contributed by atoms with Crippen molar-refractivity contribution in [1.29, 1.82) is 0 Å². The number of fused-ring (bicyclic) bond motifs is 1. The van der Waals surface area contributed by atoms with E-state index in [1.165, 1.54) is 0 Å². The molecule has 1 amide bonds. The normalized spacial score (nSPS) is 19.2. The molecule has 6 nitrogen and oxygen atoms in total. The summed E-state index contributed by atoms with van der Waals surface area (Å²) in [5.41, 5.74) is 2.13. The maximum absolute atomic E-state index is 12.8. The summed E-state index contributed by atoms with van der Waals surface area (Å²) in [5.74, 6) is 0.733. The Hall–Kier alpha value is -1.99. The number of amides is 1. The first kappa shape index (κ1) is 22.7. The summed E-state index contributed by atoms with van der Waals surface area (Å²) in [7, 11) is 0. The highest BCUT2D eigenvalue weighted by molar-refractivity contribution is 8.13. The van der Waals surface area contributed by atoms with Crippen LogP contribution in [-0.4, -0.2) is 46.7 Å². The van der Waals surface area contributed by atoms with Gasteiger partial charge >= 0.3 is 5.97 Å². The first-order chi connectivity index (χ1) is 14.3. The van der Waals surface area contributed by atoms with Gasteiger partial charge in [0.15, 0.2) is 5.17 Å². The number of ether oxygens (including phenoxy) is 1. The van der Waals surface area contributed by atoms with Gasteiger partial charge in [-0.05, 0) is 51.8 Å². The van der Waals surface area contributed by atoms with Gasteiger partial charge in [-0.15, -0.1) is 11.6 Å². The molecule has 2 heterocycles. The number of hydrogen-bond acceptors (Lipinski definition) is 6. The molecule has 1 atom stereocenters. The van der Waals surface area contributed by atoms with Gasteiger partial charge in [0, 0.05) is 23.9 Å². The molecule has 0 unspecified atom stereocenters. The van der Waals surface area contributed by atoms with Crippen LogP contribution in [0.25, 0.3) is 0 Å². The van der Waals surface area contributed by atoms with Crippen molar-refractivity contribution in [1.82, 2.24) is 4.90 Å². The number of nitrogens with one attached hydrogen (secondary N) is 1. The van der Waals surface area contributed by atoms with E-state index in [2.05, 4.69) is 15.2 Å². The van der Waals surface area contributed by atoms with E-state index in [1.54, 1.807) is 32.5 Å². The Morgan fingerprint density at radius 2 is 2.17 bits per heavy atom. The number of aliphatic imine (C=N–C) groups is 1. The van der Waals surface area contributed by atoms with Crippen molar-refractivity contribution in [3.8, 4) is 0 Å². The third-order valence-electron chi connectivity index (χ3n) is 5.16. The van der Waals surface area contributed by atoms with E-state index >= 15 is 0 Å². The van der Waals surface area contributed by atoms with Crippen molar-refractivity contribution in [3.05, 3.63) is 41.1 Å². The summed E-state index contributed by atoms with van der Waals surface area (Å²) in [6, 6.07) is 7.32. The Labute approximate surface area is 187 Å². The Bertz CT molecular complexity index is 897. The minimum atomic E-state index is -0.682. The topological polar surface area (TPSA) is 71.0 Å². The number of amidine groups is 1. The molecule has 0 aliphatic carbocycles. The summed E-state index contributed by atoms with van der Waals surface area (Å²) in [5, 5.41) is 3.88. The molecule has 0 spiro atoms. The number of allylic oxidation sites excluding steroid dienone is 1. The Morgan fingerprint density at radius 3 is 2.87 bits per heavy atom. The van der Waals surface area contributed by atoms with Crippen molar-refractivity contribution in [2.24, 2.45) is 10.4 Å². The van der Waals surface area contributed by atoms with Crippen LogP contribution in [0.2, 0.25) is 0 Å². The molecular weight excluding hydrogens is 422 g/mol. The standard InChI is InChI=1S/C22H28ClN3O3S/c1-5-29-19(27)17-14(2)24-21-26(10-7-11-30-21)18(17)15-8-6-9-16(12-15)25-20(28)22(3,4)13-23/h6,8-9,12,18H,5,7,10-11,13H2,1-4H3,(H,25,28)/t18-/m1/s1. The number of hydrogen-bond donors (Lipinski definition) is 1. The number of anilines is 1. The molecule has 1 fully saturated rings. The summed E-state index contributed by atoms with van der Waals surface area (Å²) in [6.07, 6.45) is 1.01. The molecular formula is C22H28ClN3O3S. The molecule has 1 N–H and O–H groups in total. The Balaban J connectivity index is 2.00. The number of halogens is 1. The lowest BCUT2D eigenvalue weighted by Crippen LogP contribution is -2.42. The zero-order valence-corrected chi connectivity index (χ0v) is 19.4. The average Bonchev–Trinajstić information content (AvgIpc) is 2.73. The number of benzene rings is 1. The van der Waals surface area contributed by atoms with Crippen LogP contribution in [0.3, 0.4) is 0 Å². The minimum absolute atomic E-state index is 0.147. The van der Waals surface area contributed by atoms with E-state index in [9.17, 15) is 9.59 Å². The van der Waals surface area contributed by atoms with Gasteiger partial charge in [0.1, 0.15) is 0 Å². The molecule has 1 aromatic rings. The number of thioether (sulfide) groups is 1. The molecule has 0 bridgehead atoms. The number of alkyl halides is 1. The number of carbonyl (C=O) groups excluding carboxylic acids is 2. The first-order valence-corrected chi connectivity index (χ1v) is 11.6. The van der Waals surface area contributed by atoms with Crippen LogP contribution in [0.4, 0.5) is 5.69 Å². The summed E-state index contributed by atoms with van der Waals surface area (Å²) in [6.45, 7) is 8.37. The molecule has 3 rings (SSSR count). The van der Waals surface area contributed by atoms with E-state index in [0.29, 0.717) is 23.6 Å². The summed E-state index contributed by atoms with van der Waals surface area (Å²) < 4.78 is 5.35. The van der Waals surface area contributed by atoms with E-state index in [0.717, 1.165) is 29.4 Å². The average molecular weight is 450 g/mol. The zero-order valence-electron chi connectivity index (χ0n) is 17.8. The van der Waals surface area contributed by atoms with Gasteiger partial charge in [0.25, 0.3) is 0 Å². The smallest absolute Gasteiger partial charge is 0.338 e. The first-order valence-electron chi connectivity index (χ1n) is 10.1. The maximum Gasteiger partial charge on any atom is 0.338 e. The van der Waals surface area contributed by atoms with E-state index in [1.807, 2.05) is 31.2 Å². The quantitative estimate of drug-likeness (QED) is 0.508. The fraction of sp³-hybridized carbons (Fsp3) is 0.500. The maximum atomic E-state index is 12.8. The second-order valence-corrected chi connectivity index (χ2v) is 9.34. The third kappa shape index (κ3) is 4.67. The highest BCUT2D eigenvalue weighted by atomic mass is 35.5. The molecule has 162 valence electrons. The van der Waals surface area contributed by atoms with Crippen molar-refractivity contribution in [2.75, 3.05) is 30.1 Å². The lowest BCUT2D eigenvalue weighted by Gasteiger charge is -2.40. The zero-order chi connectivity index (χ0) is 21.9. The van der Waals surface area contributed by atoms with Crippen molar-refractivity contribution in [2.45, 2.75) is 40.2 Å². The predicted molar refractivity (Wildman–Crippen MR) is 123 cm³/mol. The lowest BCUT2D eigenvalue weighted by atomic mass is 9.93. The molecule has 2 aliphatic rings. The van der Waals surface area contributed by atoms with Crippen molar-refractivity contribution >= 4 is 46.1 Å². The van der Waals surface area contributed by atoms with Crippen LogP contribution in [0.1, 0.15) is 45.7 Å². The van der Waals surface area contributed by atoms with Crippen LogP contribution < -0.4 is 5.32 Å². The van der Waals surface area contributed by atoms with E-state index in [4.69, 9.17) is 16.3 Å². The minimum Gasteiger partial charge on any atom is -0.463 e. The second kappa shape index (κ2) is 9.43. The largest absolute Gasteiger partial charge is 0.463 e. The number of esters is 1. The van der Waals surface area contributed by atoms with Gasteiger partial charge in [0.05, 0.1) is 29.3 Å². The van der Waals surface area contributed by atoms with Gasteiger partial charge < -0.3 is 15.0 Å². The molecule has 8 heteroatoms. The third-order valence-corrected chi connectivity index (χ3v) is 6.91. The van der Waals surface area contributed by atoms with Crippen molar-refractivity contribution < 1.29 is 14.3 Å². The number of rotatable bonds is 6. The van der Waals surface area contributed by atoms with Crippen molar-refractivity contribution in [3.63, 3.8) is 0 Å². The molecule has 2 aliphatic heterocycles. The van der Waals surface area contributed by atoms with Crippen LogP contribution >= 0.6 is 23.4 Å². The van der Waals surface area contributed by atoms with Crippen LogP contribution in [-0.2, 0) is 14.3 Å². The van der Waals surface area contributed by atoms with Gasteiger partial charge in [-0.25, -0.2) is 9.79 Å². The summed E-state index contributed by atoms with van der Waals surface area (Å²) >= 11 is 7.65. The molecule has 0 saturated carbocycles. The fourth-order valence-corrected chi connectivity index (χ4v) is 4.57. The molecule has 30 heavy (non-hydrogen) atoms. The van der Waals surface area contributed by atoms with Gasteiger partial charge in [-0.3, -0.25) is 4.79 Å². The highest BCUT2D eigenvalue weighted by Crippen LogP contribution is 2.40. The highest BCUT2D eigenvalue weighted by Gasteiger charge is 2.38. The Morgan fingerprint density at radius 1 is 1.40 bits per heavy atom. The second-order valence-electron chi connectivity index (χ2n) is 8.01. The monoisotopic (exact) mass is 449 g/mol. The van der Waals surface area contributed by atoms with Gasteiger partial charge in [-0.2, -0.15) is 0 Å². The van der Waals surface area contributed by atoms with E-state index in [-0.39, 0.29) is 23.8 Å².